The Morgan fingerprint density at radius 1 is 0.500 bits per heavy atom. The molecule has 0 aliphatic rings. The SMILES string of the molecule is [O]=[Mo](=[O])([O-])([O-])([c]1ccccc1)([c]1ccccc1)[c]1ccccc1.[Pb+2]. The van der Waals surface area contributed by atoms with Crippen molar-refractivity contribution in [2.75, 3.05) is 0 Å². The summed E-state index contributed by atoms with van der Waals surface area (Å²) in [5, 5.41) is 0. The second-order valence-corrected chi connectivity index (χ2v) is 17.6. The molecule has 0 saturated carbocycles. The molecule has 0 saturated heterocycles. The zero-order valence-electron chi connectivity index (χ0n) is 12.7. The Hall–Kier alpha value is -1.21. The van der Waals surface area contributed by atoms with Crippen molar-refractivity contribution in [2.24, 2.45) is 0 Å². The molecule has 0 spiro atoms. The summed E-state index contributed by atoms with van der Waals surface area (Å²) < 4.78 is 53.5. The van der Waals surface area contributed by atoms with Gasteiger partial charge in [0.25, 0.3) is 0 Å². The van der Waals surface area contributed by atoms with Gasteiger partial charge in [0.2, 0.25) is 0 Å². The summed E-state index contributed by atoms with van der Waals surface area (Å²) in [5.74, 6) is 0. The summed E-state index contributed by atoms with van der Waals surface area (Å²) in [6.45, 7) is 0. The van der Waals surface area contributed by atoms with Gasteiger partial charge >= 0.3 is 157 Å². The Morgan fingerprint density at radius 3 is 0.917 bits per heavy atom. The third-order valence-electron chi connectivity index (χ3n) is 4.09. The molecule has 0 aliphatic heterocycles. The van der Waals surface area contributed by atoms with Crippen molar-refractivity contribution in [1.82, 2.24) is 0 Å². The van der Waals surface area contributed by atoms with Gasteiger partial charge in [0.1, 0.15) is 0 Å². The molecule has 0 unspecified atom stereocenters. The molecule has 0 aromatic heterocycles. The minimum absolute atomic E-state index is 0. The molecule has 121 valence electrons. The van der Waals surface area contributed by atoms with Gasteiger partial charge in [-0.05, 0) is 0 Å². The predicted octanol–water partition coefficient (Wildman–Crippen LogP) is -0.415. The van der Waals surface area contributed by atoms with E-state index in [2.05, 4.69) is 0 Å². The van der Waals surface area contributed by atoms with Gasteiger partial charge in [-0.25, -0.2) is 0 Å². The van der Waals surface area contributed by atoms with Gasteiger partial charge in [-0.3, -0.25) is 0 Å². The molecule has 0 fully saturated rings. The van der Waals surface area contributed by atoms with Crippen molar-refractivity contribution in [3.8, 4) is 0 Å². The Bertz CT molecular complexity index is 959. The molecule has 0 aliphatic carbocycles. The van der Waals surface area contributed by atoms with Crippen LogP contribution in [0.5, 0.6) is 0 Å². The van der Waals surface area contributed by atoms with Crippen LogP contribution in [0.4, 0.5) is 0 Å². The Kier molecular flexibility index (Phi) is 3.91. The molecule has 0 heterocycles. The van der Waals surface area contributed by atoms with Gasteiger partial charge in [0.05, 0.1) is 0 Å². The van der Waals surface area contributed by atoms with E-state index in [0.29, 0.717) is 0 Å². The molecule has 3 aromatic carbocycles. The smallest absolute Gasteiger partial charge is 2.00 e. The van der Waals surface area contributed by atoms with Crippen molar-refractivity contribution >= 4 is 39.2 Å². The summed E-state index contributed by atoms with van der Waals surface area (Å²) >= 11 is -9.48. The monoisotopic (exact) mass is 601 g/mol. The topological polar surface area (TPSA) is 80.3 Å². The van der Waals surface area contributed by atoms with Crippen LogP contribution >= 0.6 is 0 Å². The van der Waals surface area contributed by atoms with E-state index < -0.39 is 24.9 Å². The first-order chi connectivity index (χ1) is 10.6. The second-order valence-electron chi connectivity index (χ2n) is 5.65. The largest absolute Gasteiger partial charge is 2.00 e. The van der Waals surface area contributed by atoms with Crippen LogP contribution in [0.1, 0.15) is 0 Å². The van der Waals surface area contributed by atoms with E-state index >= 15 is 0 Å². The van der Waals surface area contributed by atoms with Gasteiger partial charge in [0.15, 0.2) is 0 Å². The Morgan fingerprint density at radius 2 is 0.708 bits per heavy atom. The molecule has 4 nitrogen and oxygen atoms in total. The maximum atomic E-state index is 13.9. The molecule has 0 N–H and O–H groups in total. The molecule has 24 heavy (non-hydrogen) atoms. The van der Waals surface area contributed by atoms with E-state index in [1.165, 1.54) is 36.4 Å². The average Bonchev–Trinajstić information content (AvgIpc) is 2.57. The van der Waals surface area contributed by atoms with E-state index in [4.69, 9.17) is 0 Å². The van der Waals surface area contributed by atoms with E-state index in [-0.39, 0.29) is 27.3 Å². The van der Waals surface area contributed by atoms with Crippen LogP contribution in [-0.4, -0.2) is 27.3 Å². The number of benzene rings is 3. The van der Waals surface area contributed by atoms with Crippen molar-refractivity contribution in [1.29, 1.82) is 0 Å². The fourth-order valence-electron chi connectivity index (χ4n) is 2.74. The summed E-state index contributed by atoms with van der Waals surface area (Å²) in [5.41, 5.74) is 0. The van der Waals surface area contributed by atoms with Crippen LogP contribution in [-0.2, 0) is 19.8 Å². The fourth-order valence-corrected chi connectivity index (χ4v) is 11.2. The standard InChI is InChI=1S/3C6H5.Mo.4O.Pb/c3*1-2-4-6-5-3-1;;;;;;/h3*1-5H;;;;;;/q;;;;;;2*-1;+2. The van der Waals surface area contributed by atoms with Crippen LogP contribution in [0.3, 0.4) is 0 Å². The molecular formula is C18H15MoO4Pb. The van der Waals surface area contributed by atoms with Gasteiger partial charge in [-0.15, -0.1) is 0 Å². The maximum absolute atomic E-state index is 13.9. The molecule has 0 bridgehead atoms. The summed E-state index contributed by atoms with van der Waals surface area (Å²) in [6, 6.07) is 19.3. The average molecular weight is 598 g/mol. The third-order valence-corrected chi connectivity index (χ3v) is 15.3. The van der Waals surface area contributed by atoms with Crippen molar-refractivity contribution in [2.45, 2.75) is 0 Å². The minimum atomic E-state index is -9.48. The van der Waals surface area contributed by atoms with E-state index in [9.17, 15) is 14.3 Å². The molecule has 3 rings (SSSR count). The Balaban J connectivity index is 0.00000208. The summed E-state index contributed by atoms with van der Waals surface area (Å²) in [6.07, 6.45) is 0. The van der Waals surface area contributed by atoms with Gasteiger partial charge in [-0.2, -0.15) is 0 Å². The van der Waals surface area contributed by atoms with E-state index in [1.807, 2.05) is 0 Å². The van der Waals surface area contributed by atoms with Crippen molar-refractivity contribution < 1.29 is 27.3 Å². The predicted molar refractivity (Wildman–Crippen MR) is 85.4 cm³/mol. The van der Waals surface area contributed by atoms with Gasteiger partial charge < -0.3 is 0 Å². The van der Waals surface area contributed by atoms with E-state index in [0.717, 1.165) is 36.4 Å². The van der Waals surface area contributed by atoms with Crippen LogP contribution in [0, 0.1) is 0 Å². The zero-order chi connectivity index (χ0) is 16.7. The van der Waals surface area contributed by atoms with Crippen LogP contribution < -0.4 is 19.4 Å². The quantitative estimate of drug-likeness (QED) is 0.384. The number of hydrogen-bond acceptors (Lipinski definition) is 4. The van der Waals surface area contributed by atoms with Crippen LogP contribution in [0.2, 0.25) is 0 Å². The van der Waals surface area contributed by atoms with Gasteiger partial charge in [-0.1, -0.05) is 0 Å². The molecule has 0 amide bonds. The minimum Gasteiger partial charge on any atom is 2.00 e. The number of hydrogen-bond donors (Lipinski definition) is 0. The summed E-state index contributed by atoms with van der Waals surface area (Å²) in [7, 11) is 0. The normalized spacial score (nSPS) is 15.8. The third kappa shape index (κ3) is 2.36. The Labute approximate surface area is 156 Å². The molecule has 6 heteroatoms. The van der Waals surface area contributed by atoms with Crippen molar-refractivity contribution in [3.63, 3.8) is 0 Å². The molecule has 2 radical (unpaired) electrons. The molecule has 0 atom stereocenters. The first kappa shape index (κ1) is 19.1. The fraction of sp³-hybridized carbons (Fsp3) is 0. The van der Waals surface area contributed by atoms with Crippen molar-refractivity contribution in [3.05, 3.63) is 91.0 Å². The van der Waals surface area contributed by atoms with Crippen LogP contribution in [0.15, 0.2) is 91.0 Å². The van der Waals surface area contributed by atoms with Crippen LogP contribution in [0.25, 0.3) is 0 Å². The number of rotatable bonds is 3. The first-order valence-electron chi connectivity index (χ1n) is 7.01. The zero-order valence-corrected chi connectivity index (χ0v) is 18.6. The van der Waals surface area contributed by atoms with Gasteiger partial charge in [0, 0.05) is 0 Å². The second kappa shape index (κ2) is 4.91. The molecule has 3 aromatic rings. The maximum Gasteiger partial charge on any atom is 2.00 e. The first-order valence-corrected chi connectivity index (χ1v) is 13.3. The van der Waals surface area contributed by atoms with E-state index in [1.54, 1.807) is 18.2 Å². The molecular weight excluding hydrogens is 583 g/mol. The summed E-state index contributed by atoms with van der Waals surface area (Å²) in [4.78, 5) is 0.